The Hall–Kier alpha value is -1.71. The molecular formula is C15H19N3. The highest BCUT2D eigenvalue weighted by Crippen LogP contribution is 2.20. The molecule has 0 amide bonds. The zero-order chi connectivity index (χ0) is 13.0. The van der Waals surface area contributed by atoms with E-state index in [1.807, 2.05) is 12.3 Å². The van der Waals surface area contributed by atoms with Crippen molar-refractivity contribution in [3.8, 4) is 0 Å². The third-order valence-electron chi connectivity index (χ3n) is 3.12. The zero-order valence-corrected chi connectivity index (χ0v) is 10.9. The van der Waals surface area contributed by atoms with Crippen molar-refractivity contribution in [2.24, 2.45) is 5.84 Å². The van der Waals surface area contributed by atoms with Gasteiger partial charge in [-0.25, -0.2) is 5.43 Å². The van der Waals surface area contributed by atoms with Crippen LogP contribution in [-0.2, 0) is 6.42 Å². The second-order valence-corrected chi connectivity index (χ2v) is 4.45. The number of hydrogen-bond donors (Lipinski definition) is 2. The number of hydrazine groups is 1. The van der Waals surface area contributed by atoms with Crippen LogP contribution >= 0.6 is 0 Å². The lowest BCUT2D eigenvalue weighted by Gasteiger charge is -2.16. The largest absolute Gasteiger partial charge is 0.271 e. The lowest BCUT2D eigenvalue weighted by molar-refractivity contribution is 0.620. The summed E-state index contributed by atoms with van der Waals surface area (Å²) in [7, 11) is 0. The Morgan fingerprint density at radius 2 is 1.94 bits per heavy atom. The Balaban J connectivity index is 2.32. The Bertz CT molecular complexity index is 505. The fourth-order valence-electron chi connectivity index (χ4n) is 2.02. The van der Waals surface area contributed by atoms with Crippen molar-refractivity contribution in [2.45, 2.75) is 26.3 Å². The van der Waals surface area contributed by atoms with Gasteiger partial charge in [0, 0.05) is 6.20 Å². The second-order valence-electron chi connectivity index (χ2n) is 4.45. The summed E-state index contributed by atoms with van der Waals surface area (Å²) in [5.74, 6) is 5.67. The Labute approximate surface area is 108 Å². The van der Waals surface area contributed by atoms with Crippen LogP contribution in [0, 0.1) is 6.92 Å². The van der Waals surface area contributed by atoms with E-state index < -0.39 is 0 Å². The SMILES string of the molecule is CCc1ccc(C(NN)c2cc(C)ccn2)cc1. The molecule has 0 bridgehead atoms. The molecule has 18 heavy (non-hydrogen) atoms. The van der Waals surface area contributed by atoms with Gasteiger partial charge in [-0.15, -0.1) is 0 Å². The van der Waals surface area contributed by atoms with Crippen molar-refractivity contribution in [3.05, 3.63) is 65.0 Å². The van der Waals surface area contributed by atoms with E-state index in [1.165, 1.54) is 11.1 Å². The van der Waals surface area contributed by atoms with Gasteiger partial charge >= 0.3 is 0 Å². The third kappa shape index (κ3) is 2.75. The van der Waals surface area contributed by atoms with Crippen LogP contribution in [0.1, 0.15) is 35.3 Å². The van der Waals surface area contributed by atoms with E-state index in [2.05, 4.69) is 54.6 Å². The molecule has 1 heterocycles. The number of rotatable bonds is 4. The summed E-state index contributed by atoms with van der Waals surface area (Å²) in [6.45, 7) is 4.20. The van der Waals surface area contributed by atoms with Crippen LogP contribution in [0.2, 0.25) is 0 Å². The molecule has 0 aliphatic rings. The smallest absolute Gasteiger partial charge is 0.0881 e. The van der Waals surface area contributed by atoms with Gasteiger partial charge in [0.05, 0.1) is 11.7 Å². The molecule has 94 valence electrons. The minimum absolute atomic E-state index is 0.0594. The number of hydrogen-bond acceptors (Lipinski definition) is 3. The van der Waals surface area contributed by atoms with Crippen LogP contribution in [0.5, 0.6) is 0 Å². The predicted molar refractivity (Wildman–Crippen MR) is 74.0 cm³/mol. The van der Waals surface area contributed by atoms with E-state index in [9.17, 15) is 0 Å². The summed E-state index contributed by atoms with van der Waals surface area (Å²) in [4.78, 5) is 4.39. The second kappa shape index (κ2) is 5.76. The lowest BCUT2D eigenvalue weighted by atomic mass is 10.0. The van der Waals surface area contributed by atoms with Gasteiger partial charge in [0.2, 0.25) is 0 Å². The first-order chi connectivity index (χ1) is 8.74. The highest BCUT2D eigenvalue weighted by molar-refractivity contribution is 5.31. The minimum atomic E-state index is -0.0594. The van der Waals surface area contributed by atoms with Gasteiger partial charge in [0.1, 0.15) is 0 Å². The first-order valence-corrected chi connectivity index (χ1v) is 6.22. The molecule has 0 saturated heterocycles. The van der Waals surface area contributed by atoms with Crippen molar-refractivity contribution in [1.29, 1.82) is 0 Å². The molecule has 0 aliphatic heterocycles. The summed E-state index contributed by atoms with van der Waals surface area (Å²) >= 11 is 0. The zero-order valence-electron chi connectivity index (χ0n) is 10.9. The van der Waals surface area contributed by atoms with Crippen LogP contribution in [-0.4, -0.2) is 4.98 Å². The van der Waals surface area contributed by atoms with Gasteiger partial charge < -0.3 is 0 Å². The summed E-state index contributed by atoms with van der Waals surface area (Å²) in [6.07, 6.45) is 2.86. The average molecular weight is 241 g/mol. The van der Waals surface area contributed by atoms with E-state index >= 15 is 0 Å². The normalized spacial score (nSPS) is 12.4. The maximum Gasteiger partial charge on any atom is 0.0881 e. The van der Waals surface area contributed by atoms with Gasteiger partial charge in [0.25, 0.3) is 0 Å². The number of aryl methyl sites for hydroxylation is 2. The van der Waals surface area contributed by atoms with E-state index in [1.54, 1.807) is 0 Å². The van der Waals surface area contributed by atoms with Gasteiger partial charge in [-0.1, -0.05) is 31.2 Å². The molecule has 1 unspecified atom stereocenters. The predicted octanol–water partition coefficient (Wildman–Crippen LogP) is 2.51. The first kappa shape index (κ1) is 12.7. The third-order valence-corrected chi connectivity index (χ3v) is 3.12. The topological polar surface area (TPSA) is 50.9 Å². The standard InChI is InChI=1S/C15H19N3/c1-3-12-4-6-13(7-5-12)15(18-16)14-10-11(2)8-9-17-14/h4-10,15,18H,3,16H2,1-2H3. The fraction of sp³-hybridized carbons (Fsp3) is 0.267. The maximum absolute atomic E-state index is 5.67. The van der Waals surface area contributed by atoms with Gasteiger partial charge in [0.15, 0.2) is 0 Å². The molecule has 0 saturated carbocycles. The average Bonchev–Trinajstić information content (AvgIpc) is 2.40. The van der Waals surface area contributed by atoms with Crippen molar-refractivity contribution >= 4 is 0 Å². The van der Waals surface area contributed by atoms with Crippen LogP contribution < -0.4 is 11.3 Å². The number of aromatic nitrogens is 1. The van der Waals surface area contributed by atoms with E-state index in [0.29, 0.717) is 0 Å². The molecule has 1 aromatic heterocycles. The van der Waals surface area contributed by atoms with Crippen LogP contribution in [0.4, 0.5) is 0 Å². The first-order valence-electron chi connectivity index (χ1n) is 6.22. The highest BCUT2D eigenvalue weighted by atomic mass is 15.2. The van der Waals surface area contributed by atoms with E-state index in [0.717, 1.165) is 17.7 Å². The Morgan fingerprint density at radius 3 is 2.50 bits per heavy atom. The maximum atomic E-state index is 5.67. The van der Waals surface area contributed by atoms with E-state index in [-0.39, 0.29) is 6.04 Å². The molecule has 0 aliphatic carbocycles. The van der Waals surface area contributed by atoms with Gasteiger partial charge in [-0.3, -0.25) is 10.8 Å². The molecule has 2 rings (SSSR count). The van der Waals surface area contributed by atoms with Gasteiger partial charge in [-0.2, -0.15) is 0 Å². The molecule has 2 aromatic rings. The summed E-state index contributed by atoms with van der Waals surface area (Å²) in [6, 6.07) is 12.5. The molecular weight excluding hydrogens is 222 g/mol. The molecule has 1 aromatic carbocycles. The van der Waals surface area contributed by atoms with Crippen LogP contribution in [0.15, 0.2) is 42.6 Å². The number of nitrogens with two attached hydrogens (primary N) is 1. The van der Waals surface area contributed by atoms with Gasteiger partial charge in [-0.05, 0) is 42.2 Å². The minimum Gasteiger partial charge on any atom is -0.271 e. The lowest BCUT2D eigenvalue weighted by Crippen LogP contribution is -2.29. The number of benzene rings is 1. The summed E-state index contributed by atoms with van der Waals surface area (Å²) < 4.78 is 0. The molecule has 3 heteroatoms. The van der Waals surface area contributed by atoms with Crippen molar-refractivity contribution in [3.63, 3.8) is 0 Å². The molecule has 1 atom stereocenters. The van der Waals surface area contributed by atoms with Crippen LogP contribution in [0.3, 0.4) is 0 Å². The number of nitrogens with one attached hydrogen (secondary N) is 1. The molecule has 0 spiro atoms. The summed E-state index contributed by atoms with van der Waals surface area (Å²) in [5.41, 5.74) is 7.43. The molecule has 0 fully saturated rings. The number of nitrogens with zero attached hydrogens (tertiary/aromatic N) is 1. The summed E-state index contributed by atoms with van der Waals surface area (Å²) in [5, 5.41) is 0. The molecule has 3 N–H and O–H groups in total. The molecule has 0 radical (unpaired) electrons. The van der Waals surface area contributed by atoms with Crippen molar-refractivity contribution in [1.82, 2.24) is 10.4 Å². The monoisotopic (exact) mass is 241 g/mol. The quantitative estimate of drug-likeness (QED) is 0.639. The van der Waals surface area contributed by atoms with Crippen molar-refractivity contribution < 1.29 is 0 Å². The van der Waals surface area contributed by atoms with Crippen molar-refractivity contribution in [2.75, 3.05) is 0 Å². The molecule has 3 nitrogen and oxygen atoms in total. The fourth-order valence-corrected chi connectivity index (χ4v) is 2.02. The Morgan fingerprint density at radius 1 is 1.22 bits per heavy atom. The number of pyridine rings is 1. The van der Waals surface area contributed by atoms with E-state index in [4.69, 9.17) is 5.84 Å². The Kier molecular flexibility index (Phi) is 4.07. The highest BCUT2D eigenvalue weighted by Gasteiger charge is 2.13. The van der Waals surface area contributed by atoms with Crippen LogP contribution in [0.25, 0.3) is 0 Å².